The second kappa shape index (κ2) is 10.6. The van der Waals surface area contributed by atoms with Crippen LogP contribution in [-0.4, -0.2) is 30.1 Å². The molecule has 74 valence electrons. The Balaban J connectivity index is 0. The van der Waals surface area contributed by atoms with Gasteiger partial charge in [0.2, 0.25) is 0 Å². The Hall–Kier alpha value is -0.410. The predicted octanol–water partition coefficient (Wildman–Crippen LogP) is 0.962. The van der Waals surface area contributed by atoms with Crippen molar-refractivity contribution in [3.63, 3.8) is 0 Å². The zero-order valence-electron chi connectivity index (χ0n) is 8.55. The Bertz CT molecular complexity index is 103. The van der Waals surface area contributed by atoms with E-state index < -0.39 is 0 Å². The normalized spacial score (nSPS) is 9.17. The minimum Gasteiger partial charge on any atom is -0.397 e. The van der Waals surface area contributed by atoms with Crippen molar-refractivity contribution in [2.24, 2.45) is 0 Å². The Morgan fingerprint density at radius 2 is 1.83 bits per heavy atom. The molecular weight excluding hydrogens is 154 g/mol. The standard InChI is InChI=1S/C7H15NO.C2H6O/c1-4-7(9)5-8-6(2)3;1-2-3/h6,8H,4-5H2,1-3H3;3H,2H2,1H3. The van der Waals surface area contributed by atoms with Gasteiger partial charge < -0.3 is 10.4 Å². The lowest BCUT2D eigenvalue weighted by Gasteiger charge is -2.04. The number of hydrogen-bond donors (Lipinski definition) is 2. The number of nitrogens with one attached hydrogen (secondary N) is 1. The molecule has 12 heavy (non-hydrogen) atoms. The summed E-state index contributed by atoms with van der Waals surface area (Å²) in [6, 6.07) is 0.417. The fraction of sp³-hybridized carbons (Fsp3) is 0.889. The van der Waals surface area contributed by atoms with Crippen LogP contribution >= 0.6 is 0 Å². The van der Waals surface area contributed by atoms with Crippen molar-refractivity contribution in [2.75, 3.05) is 13.2 Å². The summed E-state index contributed by atoms with van der Waals surface area (Å²) in [6.07, 6.45) is 0.639. The van der Waals surface area contributed by atoms with E-state index in [1.807, 2.05) is 20.8 Å². The Kier molecular flexibility index (Phi) is 12.5. The second-order valence-corrected chi connectivity index (χ2v) is 2.74. The summed E-state index contributed by atoms with van der Waals surface area (Å²) >= 11 is 0. The van der Waals surface area contributed by atoms with Gasteiger partial charge in [-0.05, 0) is 6.92 Å². The largest absolute Gasteiger partial charge is 0.397 e. The van der Waals surface area contributed by atoms with Gasteiger partial charge in [0.25, 0.3) is 0 Å². The monoisotopic (exact) mass is 175 g/mol. The molecule has 3 nitrogen and oxygen atoms in total. The van der Waals surface area contributed by atoms with Crippen LogP contribution in [0.2, 0.25) is 0 Å². The minimum absolute atomic E-state index is 0.250. The zero-order valence-corrected chi connectivity index (χ0v) is 8.55. The highest BCUT2D eigenvalue weighted by Gasteiger charge is 1.97. The molecule has 0 amide bonds. The molecule has 0 aliphatic rings. The van der Waals surface area contributed by atoms with Gasteiger partial charge in [0.15, 0.2) is 0 Å². The van der Waals surface area contributed by atoms with Gasteiger partial charge >= 0.3 is 0 Å². The SMILES string of the molecule is CCC(=O)CNC(C)C.CCO. The molecule has 0 aliphatic heterocycles. The van der Waals surface area contributed by atoms with Crippen molar-refractivity contribution in [2.45, 2.75) is 40.2 Å². The van der Waals surface area contributed by atoms with Crippen LogP contribution in [0.3, 0.4) is 0 Å². The van der Waals surface area contributed by atoms with E-state index in [-0.39, 0.29) is 12.4 Å². The summed E-state index contributed by atoms with van der Waals surface area (Å²) < 4.78 is 0. The fourth-order valence-electron chi connectivity index (χ4n) is 0.443. The third-order valence-corrected chi connectivity index (χ3v) is 1.10. The highest BCUT2D eigenvalue weighted by Crippen LogP contribution is 1.80. The second-order valence-electron chi connectivity index (χ2n) is 2.74. The number of hydrogen-bond acceptors (Lipinski definition) is 3. The smallest absolute Gasteiger partial charge is 0.146 e. The Morgan fingerprint density at radius 1 is 1.42 bits per heavy atom. The summed E-state index contributed by atoms with van der Waals surface area (Å²) in [5.74, 6) is 0.281. The summed E-state index contributed by atoms with van der Waals surface area (Å²) in [7, 11) is 0. The van der Waals surface area contributed by atoms with Crippen LogP contribution in [0.4, 0.5) is 0 Å². The molecule has 0 aliphatic carbocycles. The lowest BCUT2D eigenvalue weighted by Crippen LogP contribution is -2.28. The maximum atomic E-state index is 10.7. The van der Waals surface area contributed by atoms with Crippen molar-refractivity contribution >= 4 is 5.78 Å². The van der Waals surface area contributed by atoms with Crippen molar-refractivity contribution in [1.82, 2.24) is 5.32 Å². The van der Waals surface area contributed by atoms with Crippen molar-refractivity contribution in [3.05, 3.63) is 0 Å². The first-order chi connectivity index (χ1) is 5.58. The molecule has 0 aromatic heterocycles. The van der Waals surface area contributed by atoms with Gasteiger partial charge in [-0.15, -0.1) is 0 Å². The van der Waals surface area contributed by atoms with Crippen LogP contribution in [0.1, 0.15) is 34.1 Å². The lowest BCUT2D eigenvalue weighted by atomic mass is 10.3. The third-order valence-electron chi connectivity index (χ3n) is 1.10. The Labute approximate surface area is 75.2 Å². The first kappa shape index (κ1) is 14.1. The van der Waals surface area contributed by atoms with E-state index in [2.05, 4.69) is 5.32 Å². The quantitative estimate of drug-likeness (QED) is 0.669. The number of rotatable bonds is 4. The molecular formula is C9H21NO2. The van der Waals surface area contributed by atoms with Crippen molar-refractivity contribution in [1.29, 1.82) is 0 Å². The van der Waals surface area contributed by atoms with Gasteiger partial charge in [-0.25, -0.2) is 0 Å². The first-order valence-corrected chi connectivity index (χ1v) is 4.44. The van der Waals surface area contributed by atoms with Gasteiger partial charge in [0.05, 0.1) is 6.54 Å². The first-order valence-electron chi connectivity index (χ1n) is 4.44. The van der Waals surface area contributed by atoms with E-state index in [9.17, 15) is 4.79 Å². The minimum atomic E-state index is 0.250. The maximum absolute atomic E-state index is 10.7. The molecule has 3 heteroatoms. The van der Waals surface area contributed by atoms with Crippen LogP contribution in [0.5, 0.6) is 0 Å². The summed E-state index contributed by atoms with van der Waals surface area (Å²) in [5.41, 5.74) is 0. The number of carbonyl (C=O) groups is 1. The molecule has 0 spiro atoms. The van der Waals surface area contributed by atoms with Gasteiger partial charge in [0, 0.05) is 19.1 Å². The summed E-state index contributed by atoms with van der Waals surface area (Å²) in [4.78, 5) is 10.7. The van der Waals surface area contributed by atoms with Crippen molar-refractivity contribution < 1.29 is 9.90 Å². The van der Waals surface area contributed by atoms with E-state index in [0.717, 1.165) is 0 Å². The van der Waals surface area contributed by atoms with Crippen LogP contribution in [-0.2, 0) is 4.79 Å². The van der Waals surface area contributed by atoms with Gasteiger partial charge in [-0.3, -0.25) is 4.79 Å². The number of Topliss-reactive ketones (excluding diaryl/α,β-unsaturated/α-hetero) is 1. The molecule has 0 aromatic carbocycles. The molecule has 2 N–H and O–H groups in total. The fourth-order valence-corrected chi connectivity index (χ4v) is 0.443. The number of aliphatic hydroxyl groups is 1. The number of aliphatic hydroxyl groups excluding tert-OH is 1. The molecule has 0 radical (unpaired) electrons. The summed E-state index contributed by atoms with van der Waals surface area (Å²) in [5, 5.41) is 10.6. The molecule has 0 unspecified atom stereocenters. The van der Waals surface area contributed by atoms with Gasteiger partial charge in [-0.2, -0.15) is 0 Å². The topological polar surface area (TPSA) is 49.3 Å². The van der Waals surface area contributed by atoms with Gasteiger partial charge in [0.1, 0.15) is 5.78 Å². The average molecular weight is 175 g/mol. The van der Waals surface area contributed by atoms with Crippen LogP contribution < -0.4 is 5.32 Å². The number of ketones is 1. The number of carbonyl (C=O) groups excluding carboxylic acids is 1. The highest BCUT2D eigenvalue weighted by atomic mass is 16.2. The zero-order chi connectivity index (χ0) is 9.98. The van der Waals surface area contributed by atoms with E-state index in [4.69, 9.17) is 5.11 Å². The molecule has 0 atom stereocenters. The van der Waals surface area contributed by atoms with Gasteiger partial charge in [-0.1, -0.05) is 20.8 Å². The molecule has 0 aromatic rings. The summed E-state index contributed by atoms with van der Waals surface area (Å²) in [6.45, 7) is 8.39. The molecule has 0 rings (SSSR count). The molecule has 0 saturated heterocycles. The van der Waals surface area contributed by atoms with E-state index >= 15 is 0 Å². The van der Waals surface area contributed by atoms with E-state index in [1.54, 1.807) is 6.92 Å². The maximum Gasteiger partial charge on any atom is 0.146 e. The lowest BCUT2D eigenvalue weighted by molar-refractivity contribution is -0.118. The third kappa shape index (κ3) is 16.3. The highest BCUT2D eigenvalue weighted by molar-refractivity contribution is 5.80. The Morgan fingerprint density at radius 3 is 2.08 bits per heavy atom. The van der Waals surface area contributed by atoms with Crippen LogP contribution in [0.15, 0.2) is 0 Å². The van der Waals surface area contributed by atoms with E-state index in [0.29, 0.717) is 19.0 Å². The molecule has 0 bridgehead atoms. The molecule has 0 heterocycles. The van der Waals surface area contributed by atoms with E-state index in [1.165, 1.54) is 0 Å². The van der Waals surface area contributed by atoms with Crippen LogP contribution in [0, 0.1) is 0 Å². The van der Waals surface area contributed by atoms with Crippen LogP contribution in [0.25, 0.3) is 0 Å². The molecule has 0 fully saturated rings. The van der Waals surface area contributed by atoms with Crippen molar-refractivity contribution in [3.8, 4) is 0 Å². The average Bonchev–Trinajstić information content (AvgIpc) is 2.01. The predicted molar refractivity (Wildman–Crippen MR) is 51.2 cm³/mol. The molecule has 0 saturated carbocycles.